The number of hydrogen-bond acceptors (Lipinski definition) is 5. The number of hydrogen-bond donors (Lipinski definition) is 1. The van der Waals surface area contributed by atoms with E-state index in [-0.39, 0.29) is 10.8 Å². The van der Waals surface area contributed by atoms with Crippen molar-refractivity contribution >= 4 is 23.8 Å². The molecule has 0 aliphatic heterocycles. The van der Waals surface area contributed by atoms with Crippen LogP contribution >= 0.6 is 11.6 Å². The molecule has 0 aliphatic carbocycles. The summed E-state index contributed by atoms with van der Waals surface area (Å²) in [4.78, 5) is 10.9. The summed E-state index contributed by atoms with van der Waals surface area (Å²) in [5.74, 6) is -0.00219. The van der Waals surface area contributed by atoms with Gasteiger partial charge in [0.15, 0.2) is 11.5 Å². The molecule has 1 N–H and O–H groups in total. The molecule has 17 heavy (non-hydrogen) atoms. The first kappa shape index (κ1) is 13.3. The van der Waals surface area contributed by atoms with Gasteiger partial charge in [0.25, 0.3) is 0 Å². The highest BCUT2D eigenvalue weighted by Crippen LogP contribution is 2.36. The molecule has 0 saturated heterocycles. The minimum Gasteiger partial charge on any atom is -0.490 e. The standard InChI is InChI=1S/C11H12ClNO4/c1-3-16-10-5-8(6-13-15)4-9(12)11(10)17-7(2)14/h4-6,15H,3H2,1-2H3/b13-6+. The van der Waals surface area contributed by atoms with Crippen molar-refractivity contribution in [2.75, 3.05) is 6.61 Å². The first-order chi connectivity index (χ1) is 8.08. The van der Waals surface area contributed by atoms with Gasteiger partial charge in [-0.2, -0.15) is 0 Å². The number of esters is 1. The highest BCUT2D eigenvalue weighted by molar-refractivity contribution is 6.32. The molecule has 0 radical (unpaired) electrons. The van der Waals surface area contributed by atoms with Crippen molar-refractivity contribution in [2.45, 2.75) is 13.8 Å². The molecule has 0 bridgehead atoms. The molecule has 1 aromatic carbocycles. The third-order valence-corrected chi connectivity index (χ3v) is 2.07. The molecular weight excluding hydrogens is 246 g/mol. The van der Waals surface area contributed by atoms with Gasteiger partial charge in [-0.25, -0.2) is 0 Å². The second-order valence-electron chi connectivity index (χ2n) is 3.10. The fraction of sp³-hybridized carbons (Fsp3) is 0.273. The summed E-state index contributed by atoms with van der Waals surface area (Å²) in [5, 5.41) is 11.5. The second-order valence-corrected chi connectivity index (χ2v) is 3.51. The largest absolute Gasteiger partial charge is 0.490 e. The molecule has 0 aromatic heterocycles. The first-order valence-electron chi connectivity index (χ1n) is 4.90. The lowest BCUT2D eigenvalue weighted by Gasteiger charge is -2.11. The zero-order valence-corrected chi connectivity index (χ0v) is 10.2. The Morgan fingerprint density at radius 3 is 2.82 bits per heavy atom. The number of oxime groups is 1. The average Bonchev–Trinajstić information content (AvgIpc) is 2.23. The van der Waals surface area contributed by atoms with E-state index in [2.05, 4.69) is 5.16 Å². The Hall–Kier alpha value is -1.75. The van der Waals surface area contributed by atoms with Gasteiger partial charge in [-0.3, -0.25) is 4.79 Å². The third kappa shape index (κ3) is 3.64. The number of rotatable bonds is 4. The number of nitrogens with zero attached hydrogens (tertiary/aromatic N) is 1. The molecule has 0 aliphatic rings. The van der Waals surface area contributed by atoms with Crippen molar-refractivity contribution in [3.63, 3.8) is 0 Å². The summed E-state index contributed by atoms with van der Waals surface area (Å²) in [7, 11) is 0. The highest BCUT2D eigenvalue weighted by atomic mass is 35.5. The van der Waals surface area contributed by atoms with E-state index in [0.717, 1.165) is 0 Å². The predicted molar refractivity (Wildman–Crippen MR) is 63.3 cm³/mol. The van der Waals surface area contributed by atoms with E-state index in [1.807, 2.05) is 0 Å². The molecular formula is C11H12ClNO4. The molecule has 0 amide bonds. The Bertz CT molecular complexity index is 445. The number of halogens is 1. The minimum absolute atomic E-state index is 0.163. The van der Waals surface area contributed by atoms with Crippen molar-refractivity contribution in [1.82, 2.24) is 0 Å². The number of carbonyl (C=O) groups excluding carboxylic acids is 1. The maximum atomic E-state index is 10.9. The molecule has 0 fully saturated rings. The Morgan fingerprint density at radius 2 is 2.29 bits per heavy atom. The molecule has 5 nitrogen and oxygen atoms in total. The van der Waals surface area contributed by atoms with Gasteiger partial charge in [-0.15, -0.1) is 0 Å². The molecule has 0 spiro atoms. The molecule has 1 rings (SSSR count). The fourth-order valence-corrected chi connectivity index (χ4v) is 1.49. The summed E-state index contributed by atoms with van der Waals surface area (Å²) < 4.78 is 10.3. The van der Waals surface area contributed by atoms with E-state index in [9.17, 15) is 4.79 Å². The van der Waals surface area contributed by atoms with Gasteiger partial charge in [0.1, 0.15) is 0 Å². The van der Waals surface area contributed by atoms with E-state index in [1.54, 1.807) is 13.0 Å². The minimum atomic E-state index is -0.489. The zero-order chi connectivity index (χ0) is 12.8. The van der Waals surface area contributed by atoms with E-state index in [4.69, 9.17) is 26.3 Å². The molecule has 6 heteroatoms. The van der Waals surface area contributed by atoms with E-state index < -0.39 is 5.97 Å². The quantitative estimate of drug-likeness (QED) is 0.296. The lowest BCUT2D eigenvalue weighted by Crippen LogP contribution is -2.05. The monoisotopic (exact) mass is 257 g/mol. The Morgan fingerprint density at radius 1 is 1.59 bits per heavy atom. The second kappa shape index (κ2) is 6.10. The van der Waals surface area contributed by atoms with E-state index in [0.29, 0.717) is 17.9 Å². The maximum Gasteiger partial charge on any atom is 0.308 e. The van der Waals surface area contributed by atoms with Gasteiger partial charge in [0.2, 0.25) is 0 Å². The van der Waals surface area contributed by atoms with Gasteiger partial charge in [-0.05, 0) is 19.1 Å². The van der Waals surface area contributed by atoms with Crippen LogP contribution in [0, 0.1) is 0 Å². The molecule has 0 heterocycles. The number of benzene rings is 1. The lowest BCUT2D eigenvalue weighted by molar-refractivity contribution is -0.132. The van der Waals surface area contributed by atoms with Crippen LogP contribution in [0.15, 0.2) is 17.3 Å². The topological polar surface area (TPSA) is 68.1 Å². The fourth-order valence-electron chi connectivity index (χ4n) is 1.23. The van der Waals surface area contributed by atoms with Gasteiger partial charge >= 0.3 is 5.97 Å². The van der Waals surface area contributed by atoms with Crippen molar-refractivity contribution in [3.8, 4) is 11.5 Å². The van der Waals surface area contributed by atoms with E-state index in [1.165, 1.54) is 19.2 Å². The lowest BCUT2D eigenvalue weighted by atomic mass is 10.2. The average molecular weight is 258 g/mol. The van der Waals surface area contributed by atoms with Crippen LogP contribution in [0.4, 0.5) is 0 Å². The van der Waals surface area contributed by atoms with Crippen LogP contribution in [0.5, 0.6) is 11.5 Å². The third-order valence-electron chi connectivity index (χ3n) is 1.78. The molecule has 1 aromatic rings. The summed E-state index contributed by atoms with van der Waals surface area (Å²) in [6, 6.07) is 3.06. The van der Waals surface area contributed by atoms with Gasteiger partial charge in [0, 0.05) is 12.5 Å². The first-order valence-corrected chi connectivity index (χ1v) is 5.28. The summed E-state index contributed by atoms with van der Waals surface area (Å²) in [5.41, 5.74) is 0.539. The van der Waals surface area contributed by atoms with Crippen molar-refractivity contribution < 1.29 is 19.5 Å². The van der Waals surface area contributed by atoms with Crippen LogP contribution in [-0.4, -0.2) is 24.0 Å². The van der Waals surface area contributed by atoms with Crippen LogP contribution in [-0.2, 0) is 4.79 Å². The Kier molecular flexibility index (Phi) is 4.78. The molecule has 92 valence electrons. The summed E-state index contributed by atoms with van der Waals surface area (Å²) in [6.07, 6.45) is 1.20. The molecule has 0 saturated carbocycles. The molecule has 0 atom stereocenters. The van der Waals surface area contributed by atoms with Crippen molar-refractivity contribution in [2.24, 2.45) is 5.16 Å². The van der Waals surface area contributed by atoms with Crippen LogP contribution in [0.3, 0.4) is 0 Å². The van der Waals surface area contributed by atoms with Crippen LogP contribution in [0.1, 0.15) is 19.4 Å². The zero-order valence-electron chi connectivity index (χ0n) is 9.44. The van der Waals surface area contributed by atoms with Gasteiger partial charge in [0.05, 0.1) is 17.8 Å². The van der Waals surface area contributed by atoms with Crippen LogP contribution in [0.25, 0.3) is 0 Å². The summed E-state index contributed by atoms with van der Waals surface area (Å²) >= 11 is 5.95. The van der Waals surface area contributed by atoms with E-state index >= 15 is 0 Å². The smallest absolute Gasteiger partial charge is 0.308 e. The maximum absolute atomic E-state index is 10.9. The SMILES string of the molecule is CCOc1cc(/C=N/O)cc(Cl)c1OC(C)=O. The normalized spacial score (nSPS) is 10.5. The van der Waals surface area contributed by atoms with Crippen LogP contribution < -0.4 is 9.47 Å². The van der Waals surface area contributed by atoms with Gasteiger partial charge in [-0.1, -0.05) is 16.8 Å². The summed E-state index contributed by atoms with van der Waals surface area (Å²) in [6.45, 7) is 3.46. The van der Waals surface area contributed by atoms with Crippen molar-refractivity contribution in [1.29, 1.82) is 0 Å². The predicted octanol–water partition coefficient (Wildman–Crippen LogP) is 2.47. The number of ether oxygens (including phenoxy) is 2. The van der Waals surface area contributed by atoms with Crippen molar-refractivity contribution in [3.05, 3.63) is 22.7 Å². The molecule has 0 unspecified atom stereocenters. The highest BCUT2D eigenvalue weighted by Gasteiger charge is 2.13. The van der Waals surface area contributed by atoms with Crippen LogP contribution in [0.2, 0.25) is 5.02 Å². The number of carbonyl (C=O) groups is 1. The Labute approximate surface area is 104 Å². The van der Waals surface area contributed by atoms with Gasteiger partial charge < -0.3 is 14.7 Å². The Balaban J connectivity index is 3.21.